The molecule has 2 N–H and O–H groups in total. The summed E-state index contributed by atoms with van der Waals surface area (Å²) in [4.78, 5) is 4.42. The van der Waals surface area contributed by atoms with Crippen molar-refractivity contribution in [2.24, 2.45) is 10.4 Å². The van der Waals surface area contributed by atoms with Crippen LogP contribution in [0.4, 0.5) is 0 Å². The minimum Gasteiger partial charge on any atom is -0.382 e. The van der Waals surface area contributed by atoms with E-state index in [1.165, 1.54) is 32.1 Å². The highest BCUT2D eigenvalue weighted by molar-refractivity contribution is 14.0. The number of hydrogen-bond donors (Lipinski definition) is 2. The van der Waals surface area contributed by atoms with Gasteiger partial charge in [-0.2, -0.15) is 0 Å². The topological polar surface area (TPSA) is 54.9 Å². The molecule has 0 aromatic carbocycles. The normalized spacial score (nSPS) is 25.2. The van der Waals surface area contributed by atoms with Crippen LogP contribution in [0, 0.1) is 5.41 Å². The van der Waals surface area contributed by atoms with Crippen molar-refractivity contribution in [2.75, 3.05) is 33.4 Å². The highest BCUT2D eigenvalue weighted by atomic mass is 127. The van der Waals surface area contributed by atoms with Crippen molar-refractivity contribution in [3.05, 3.63) is 0 Å². The molecule has 0 bridgehead atoms. The third kappa shape index (κ3) is 6.24. The summed E-state index contributed by atoms with van der Waals surface area (Å²) in [6.45, 7) is 7.58. The smallest absolute Gasteiger partial charge is 0.191 e. The highest BCUT2D eigenvalue weighted by Crippen LogP contribution is 2.53. The van der Waals surface area contributed by atoms with Crippen LogP contribution in [0.1, 0.15) is 65.2 Å². The van der Waals surface area contributed by atoms with Crippen LogP contribution in [0.25, 0.3) is 0 Å². The number of ether oxygens (including phenoxy) is 2. The number of halogens is 1. The molecule has 0 aromatic rings. The van der Waals surface area contributed by atoms with Gasteiger partial charge in [0.25, 0.3) is 0 Å². The molecule has 6 heteroatoms. The molecule has 148 valence electrons. The molecule has 2 fully saturated rings. The summed E-state index contributed by atoms with van der Waals surface area (Å²) in [5.74, 6) is 0.941. The predicted octanol–water partition coefficient (Wildman–Crippen LogP) is 3.71. The average molecular weight is 467 g/mol. The third-order valence-corrected chi connectivity index (χ3v) is 5.68. The summed E-state index contributed by atoms with van der Waals surface area (Å²) in [7, 11) is 1.86. The van der Waals surface area contributed by atoms with Crippen molar-refractivity contribution in [2.45, 2.75) is 77.4 Å². The van der Waals surface area contributed by atoms with Gasteiger partial charge in [-0.3, -0.25) is 4.99 Å². The van der Waals surface area contributed by atoms with Gasteiger partial charge < -0.3 is 20.1 Å². The molecule has 2 atom stereocenters. The molecule has 5 nitrogen and oxygen atoms in total. The Balaban J connectivity index is 0.00000312. The number of rotatable bonds is 9. The minimum absolute atomic E-state index is 0. The highest BCUT2D eigenvalue weighted by Gasteiger charge is 2.55. The second-order valence-corrected chi connectivity index (χ2v) is 7.07. The molecule has 0 radical (unpaired) electrons. The van der Waals surface area contributed by atoms with Gasteiger partial charge in [-0.15, -0.1) is 24.0 Å². The van der Waals surface area contributed by atoms with Crippen LogP contribution in [0.5, 0.6) is 0 Å². The van der Waals surface area contributed by atoms with Crippen LogP contribution in [0.15, 0.2) is 4.99 Å². The lowest BCUT2D eigenvalue weighted by molar-refractivity contribution is -0.145. The summed E-state index contributed by atoms with van der Waals surface area (Å²) < 4.78 is 11.4. The van der Waals surface area contributed by atoms with Crippen LogP contribution >= 0.6 is 24.0 Å². The fourth-order valence-corrected chi connectivity index (χ4v) is 4.31. The van der Waals surface area contributed by atoms with Crippen molar-refractivity contribution in [3.8, 4) is 0 Å². The molecule has 0 saturated heterocycles. The summed E-state index contributed by atoms with van der Waals surface area (Å²) in [6.07, 6.45) is 10.4. The van der Waals surface area contributed by atoms with E-state index in [-0.39, 0.29) is 24.0 Å². The van der Waals surface area contributed by atoms with E-state index in [1.807, 2.05) is 14.0 Å². The van der Waals surface area contributed by atoms with Crippen molar-refractivity contribution in [1.29, 1.82) is 0 Å². The molecule has 1 spiro atoms. The standard InChI is InChI=1S/C19H37N3O2.HI/c1-4-23-14-10-9-13-21-18(20-3)22-16-15-17(24-5-2)19(16)11-7-6-8-12-19;/h16-17H,4-15H2,1-3H3,(H2,20,21,22);1H. The Labute approximate surface area is 171 Å². The molecule has 0 aromatic heterocycles. The van der Waals surface area contributed by atoms with E-state index in [2.05, 4.69) is 22.5 Å². The van der Waals surface area contributed by atoms with Crippen LogP contribution in [-0.4, -0.2) is 51.5 Å². The van der Waals surface area contributed by atoms with Gasteiger partial charge in [-0.05, 0) is 46.0 Å². The lowest BCUT2D eigenvalue weighted by Crippen LogP contribution is -2.66. The second kappa shape index (κ2) is 12.3. The lowest BCUT2D eigenvalue weighted by atomic mass is 9.55. The molecular weight excluding hydrogens is 429 g/mol. The first kappa shape index (κ1) is 23.0. The molecule has 0 heterocycles. The van der Waals surface area contributed by atoms with Gasteiger partial charge in [0.05, 0.1) is 6.10 Å². The summed E-state index contributed by atoms with van der Waals surface area (Å²) in [5.41, 5.74) is 0.334. The van der Waals surface area contributed by atoms with Gasteiger partial charge in [0.1, 0.15) is 0 Å². The number of nitrogens with one attached hydrogen (secondary N) is 2. The van der Waals surface area contributed by atoms with E-state index in [9.17, 15) is 0 Å². The zero-order valence-electron chi connectivity index (χ0n) is 16.3. The average Bonchev–Trinajstić information content (AvgIpc) is 2.62. The minimum atomic E-state index is 0. The van der Waals surface area contributed by atoms with Crippen LogP contribution in [0.2, 0.25) is 0 Å². The Hall–Kier alpha value is -0.0800. The van der Waals surface area contributed by atoms with Gasteiger partial charge in [-0.1, -0.05) is 19.3 Å². The van der Waals surface area contributed by atoms with Crippen LogP contribution in [-0.2, 0) is 9.47 Å². The third-order valence-electron chi connectivity index (χ3n) is 5.68. The van der Waals surface area contributed by atoms with Crippen molar-refractivity contribution in [3.63, 3.8) is 0 Å². The van der Waals surface area contributed by atoms with E-state index in [1.54, 1.807) is 0 Å². The molecule has 2 saturated carbocycles. The number of guanidine groups is 1. The van der Waals surface area contributed by atoms with E-state index in [0.717, 1.165) is 51.6 Å². The van der Waals surface area contributed by atoms with E-state index >= 15 is 0 Å². The van der Waals surface area contributed by atoms with Gasteiger partial charge in [-0.25, -0.2) is 0 Å². The van der Waals surface area contributed by atoms with E-state index < -0.39 is 0 Å². The molecule has 25 heavy (non-hydrogen) atoms. The number of hydrogen-bond acceptors (Lipinski definition) is 3. The Kier molecular flexibility index (Phi) is 11.3. The molecule has 2 aliphatic rings. The SMILES string of the molecule is CCOCCCCNC(=NC)NC1CC(OCC)C12CCCCC2.I. The maximum Gasteiger partial charge on any atom is 0.191 e. The maximum atomic E-state index is 6.04. The first-order valence-electron chi connectivity index (χ1n) is 9.93. The molecule has 2 rings (SSSR count). The molecule has 2 aliphatic carbocycles. The van der Waals surface area contributed by atoms with Crippen molar-refractivity contribution in [1.82, 2.24) is 10.6 Å². The fourth-order valence-electron chi connectivity index (χ4n) is 4.31. The first-order chi connectivity index (χ1) is 11.8. The Bertz CT molecular complexity index is 387. The first-order valence-corrected chi connectivity index (χ1v) is 9.93. The Morgan fingerprint density at radius 2 is 1.88 bits per heavy atom. The van der Waals surface area contributed by atoms with Crippen LogP contribution in [0.3, 0.4) is 0 Å². The molecule has 2 unspecified atom stereocenters. The number of nitrogens with zero attached hydrogens (tertiary/aromatic N) is 1. The van der Waals surface area contributed by atoms with Gasteiger partial charge in [0.15, 0.2) is 5.96 Å². The molecular formula is C19H38IN3O2. The quantitative estimate of drug-likeness (QED) is 0.235. The largest absolute Gasteiger partial charge is 0.382 e. The summed E-state index contributed by atoms with van der Waals surface area (Å²) >= 11 is 0. The fraction of sp³-hybridized carbons (Fsp3) is 0.947. The zero-order valence-corrected chi connectivity index (χ0v) is 18.6. The number of unbranched alkanes of at least 4 members (excludes halogenated alkanes) is 1. The van der Waals surface area contributed by atoms with Crippen molar-refractivity contribution >= 4 is 29.9 Å². The van der Waals surface area contributed by atoms with Gasteiger partial charge in [0, 0.05) is 44.9 Å². The second-order valence-electron chi connectivity index (χ2n) is 7.07. The Morgan fingerprint density at radius 3 is 2.52 bits per heavy atom. The van der Waals surface area contributed by atoms with E-state index in [0.29, 0.717) is 17.6 Å². The van der Waals surface area contributed by atoms with Crippen LogP contribution < -0.4 is 10.6 Å². The summed E-state index contributed by atoms with van der Waals surface area (Å²) in [6, 6.07) is 0.504. The zero-order chi connectivity index (χ0) is 17.3. The maximum absolute atomic E-state index is 6.04. The number of aliphatic imine (C=N–C) groups is 1. The predicted molar refractivity (Wildman–Crippen MR) is 115 cm³/mol. The summed E-state index contributed by atoms with van der Waals surface area (Å²) in [5, 5.41) is 7.14. The van der Waals surface area contributed by atoms with E-state index in [4.69, 9.17) is 9.47 Å². The van der Waals surface area contributed by atoms with Gasteiger partial charge >= 0.3 is 0 Å². The monoisotopic (exact) mass is 467 g/mol. The molecule has 0 aliphatic heterocycles. The van der Waals surface area contributed by atoms with Crippen molar-refractivity contribution < 1.29 is 9.47 Å². The van der Waals surface area contributed by atoms with Gasteiger partial charge in [0.2, 0.25) is 0 Å². The molecule has 0 amide bonds. The Morgan fingerprint density at radius 1 is 1.12 bits per heavy atom. The lowest BCUT2D eigenvalue weighted by Gasteiger charge is -2.57.